The lowest BCUT2D eigenvalue weighted by Gasteiger charge is -2.07. The van der Waals surface area contributed by atoms with Crippen LogP contribution in [0.25, 0.3) is 11.4 Å². The number of pyridine rings is 1. The molecule has 2 aromatic heterocycles. The fraction of sp³-hybridized carbons (Fsp3) is 0.273. The van der Waals surface area contributed by atoms with E-state index >= 15 is 0 Å². The number of nitrogens with zero attached hydrogens (tertiary/aromatic N) is 2. The maximum Gasteiger partial charge on any atom is 0.417 e. The number of aromatic nitrogens is 2. The molecule has 0 saturated heterocycles. The van der Waals surface area contributed by atoms with Crippen LogP contribution in [0.4, 0.5) is 13.2 Å². The zero-order valence-corrected chi connectivity index (χ0v) is 11.0. The highest BCUT2D eigenvalue weighted by Crippen LogP contribution is 2.34. The Morgan fingerprint density at radius 1 is 1.32 bits per heavy atom. The highest BCUT2D eigenvalue weighted by atomic mass is 35.5. The van der Waals surface area contributed by atoms with Crippen molar-refractivity contribution >= 4 is 23.2 Å². The van der Waals surface area contributed by atoms with Crippen molar-refractivity contribution in [2.24, 2.45) is 0 Å². The van der Waals surface area contributed by atoms with E-state index in [0.717, 1.165) is 6.07 Å². The van der Waals surface area contributed by atoms with Gasteiger partial charge in [0.05, 0.1) is 16.0 Å². The molecule has 0 amide bonds. The van der Waals surface area contributed by atoms with Crippen molar-refractivity contribution in [1.29, 1.82) is 0 Å². The van der Waals surface area contributed by atoms with Crippen molar-refractivity contribution < 1.29 is 17.7 Å². The predicted octanol–water partition coefficient (Wildman–Crippen LogP) is 4.71. The summed E-state index contributed by atoms with van der Waals surface area (Å²) in [5.74, 6) is 0.384. The molecule has 102 valence electrons. The second-order valence-electron chi connectivity index (χ2n) is 3.78. The molecule has 3 nitrogen and oxygen atoms in total. The second kappa shape index (κ2) is 5.02. The van der Waals surface area contributed by atoms with Gasteiger partial charge in [0.15, 0.2) is 5.76 Å². The largest absolute Gasteiger partial charge is 0.417 e. The van der Waals surface area contributed by atoms with Crippen LogP contribution in [-0.2, 0) is 6.18 Å². The molecule has 2 heterocycles. The van der Waals surface area contributed by atoms with Gasteiger partial charge >= 0.3 is 6.18 Å². The predicted molar refractivity (Wildman–Crippen MR) is 64.0 cm³/mol. The molecule has 0 aliphatic carbocycles. The van der Waals surface area contributed by atoms with Gasteiger partial charge in [0, 0.05) is 12.3 Å². The van der Waals surface area contributed by atoms with Crippen molar-refractivity contribution in [2.45, 2.75) is 18.5 Å². The van der Waals surface area contributed by atoms with E-state index in [1.54, 1.807) is 6.92 Å². The average Bonchev–Trinajstić information content (AvgIpc) is 2.76. The number of hydrogen-bond donors (Lipinski definition) is 0. The third-order valence-electron chi connectivity index (χ3n) is 2.33. The first kappa shape index (κ1) is 14.1. The number of hydrogen-bond acceptors (Lipinski definition) is 3. The average molecular weight is 311 g/mol. The summed E-state index contributed by atoms with van der Waals surface area (Å²) in [6.07, 6.45) is -3.80. The van der Waals surface area contributed by atoms with E-state index in [-0.39, 0.29) is 16.4 Å². The van der Waals surface area contributed by atoms with Crippen LogP contribution < -0.4 is 0 Å². The van der Waals surface area contributed by atoms with E-state index in [9.17, 15) is 13.2 Å². The molecule has 0 radical (unpaired) electrons. The van der Waals surface area contributed by atoms with Gasteiger partial charge in [-0.05, 0) is 13.0 Å². The summed E-state index contributed by atoms with van der Waals surface area (Å²) in [5.41, 5.74) is -0.570. The van der Waals surface area contributed by atoms with Crippen molar-refractivity contribution in [2.75, 3.05) is 0 Å². The molecule has 0 fully saturated rings. The Morgan fingerprint density at radius 2 is 2.00 bits per heavy atom. The van der Waals surface area contributed by atoms with E-state index < -0.39 is 17.1 Å². The first-order valence-corrected chi connectivity index (χ1v) is 5.94. The summed E-state index contributed by atoms with van der Waals surface area (Å²) in [5, 5.41) is 3.11. The quantitative estimate of drug-likeness (QED) is 0.754. The topological polar surface area (TPSA) is 38.9 Å². The third kappa shape index (κ3) is 3.01. The molecule has 0 aromatic carbocycles. The Hall–Kier alpha value is -1.27. The van der Waals surface area contributed by atoms with E-state index in [4.69, 9.17) is 27.7 Å². The van der Waals surface area contributed by atoms with Gasteiger partial charge in [-0.2, -0.15) is 13.2 Å². The van der Waals surface area contributed by atoms with E-state index in [1.165, 1.54) is 6.07 Å². The van der Waals surface area contributed by atoms with E-state index in [1.807, 2.05) is 0 Å². The molecular formula is C11H7Cl2F3N2O. The molecule has 8 heteroatoms. The smallest absolute Gasteiger partial charge is 0.359 e. The zero-order valence-electron chi connectivity index (χ0n) is 9.50. The zero-order chi connectivity index (χ0) is 14.2. The van der Waals surface area contributed by atoms with Crippen LogP contribution in [0.3, 0.4) is 0 Å². The van der Waals surface area contributed by atoms with Crippen LogP contribution in [0, 0.1) is 0 Å². The van der Waals surface area contributed by atoms with Crippen molar-refractivity contribution in [3.8, 4) is 11.4 Å². The minimum Gasteiger partial charge on any atom is -0.359 e. The molecule has 0 aliphatic rings. The first-order chi connectivity index (χ1) is 8.79. The normalized spacial score (nSPS) is 13.6. The SMILES string of the molecule is CC(Cl)c1cc(-c2ncc(C(F)(F)F)cc2Cl)no1. The number of alkyl halides is 4. The highest BCUT2D eigenvalue weighted by molar-refractivity contribution is 6.33. The van der Waals surface area contributed by atoms with Crippen molar-refractivity contribution in [3.05, 3.63) is 34.7 Å². The summed E-state index contributed by atoms with van der Waals surface area (Å²) in [4.78, 5) is 3.67. The van der Waals surface area contributed by atoms with Crippen molar-refractivity contribution in [1.82, 2.24) is 10.1 Å². The van der Waals surface area contributed by atoms with Crippen LogP contribution in [0.15, 0.2) is 22.9 Å². The van der Waals surface area contributed by atoms with Crippen LogP contribution in [0.2, 0.25) is 5.02 Å². The van der Waals surface area contributed by atoms with Crippen molar-refractivity contribution in [3.63, 3.8) is 0 Å². The molecule has 0 spiro atoms. The molecular weight excluding hydrogens is 304 g/mol. The molecule has 1 atom stereocenters. The Bertz CT molecular complexity index is 596. The van der Waals surface area contributed by atoms with Crippen LogP contribution in [0.1, 0.15) is 23.6 Å². The van der Waals surface area contributed by atoms with Crippen LogP contribution >= 0.6 is 23.2 Å². The Labute approximate surface area is 116 Å². The lowest BCUT2D eigenvalue weighted by Crippen LogP contribution is -2.05. The van der Waals surface area contributed by atoms with Gasteiger partial charge in [-0.3, -0.25) is 4.98 Å². The monoisotopic (exact) mass is 310 g/mol. The van der Waals surface area contributed by atoms with Gasteiger partial charge < -0.3 is 4.52 Å². The minimum absolute atomic E-state index is 0.113. The third-order valence-corrected chi connectivity index (χ3v) is 2.83. The Balaban J connectivity index is 2.40. The molecule has 0 bridgehead atoms. The van der Waals surface area contributed by atoms with E-state index in [0.29, 0.717) is 12.0 Å². The summed E-state index contributed by atoms with van der Waals surface area (Å²) >= 11 is 11.6. The Kier molecular flexibility index (Phi) is 3.73. The standard InChI is InChI=1S/C11H7Cl2F3N2O/c1-5(12)9-3-8(18-19-9)10-7(13)2-6(4-17-10)11(14,15)16/h2-5H,1H3. The summed E-state index contributed by atoms with van der Waals surface area (Å²) in [6, 6.07) is 2.28. The van der Waals surface area contributed by atoms with Crippen LogP contribution in [0.5, 0.6) is 0 Å². The first-order valence-electron chi connectivity index (χ1n) is 5.13. The lowest BCUT2D eigenvalue weighted by atomic mass is 10.2. The maximum absolute atomic E-state index is 12.5. The summed E-state index contributed by atoms with van der Waals surface area (Å²) < 4.78 is 42.3. The molecule has 0 aliphatic heterocycles. The number of rotatable bonds is 2. The van der Waals surface area contributed by atoms with Gasteiger partial charge in [-0.25, -0.2) is 0 Å². The molecule has 0 saturated carbocycles. The molecule has 19 heavy (non-hydrogen) atoms. The lowest BCUT2D eigenvalue weighted by molar-refractivity contribution is -0.137. The maximum atomic E-state index is 12.5. The van der Waals surface area contributed by atoms with E-state index in [2.05, 4.69) is 10.1 Å². The van der Waals surface area contributed by atoms with Crippen LogP contribution in [-0.4, -0.2) is 10.1 Å². The summed E-state index contributed by atoms with van der Waals surface area (Å²) in [6.45, 7) is 1.67. The van der Waals surface area contributed by atoms with Gasteiger partial charge in [0.2, 0.25) is 0 Å². The molecule has 2 aromatic rings. The molecule has 2 rings (SSSR count). The van der Waals surface area contributed by atoms with Gasteiger partial charge in [-0.15, -0.1) is 11.6 Å². The van der Waals surface area contributed by atoms with Gasteiger partial charge in [-0.1, -0.05) is 16.8 Å². The van der Waals surface area contributed by atoms with Gasteiger partial charge in [0.25, 0.3) is 0 Å². The fourth-order valence-electron chi connectivity index (χ4n) is 1.37. The second-order valence-corrected chi connectivity index (χ2v) is 4.84. The fourth-order valence-corrected chi connectivity index (χ4v) is 1.74. The molecule has 1 unspecified atom stereocenters. The minimum atomic E-state index is -4.49. The Morgan fingerprint density at radius 3 is 2.47 bits per heavy atom. The number of halogens is 5. The van der Waals surface area contributed by atoms with Gasteiger partial charge in [0.1, 0.15) is 11.4 Å². The summed E-state index contributed by atoms with van der Waals surface area (Å²) in [7, 11) is 0. The molecule has 0 N–H and O–H groups in total. The highest BCUT2D eigenvalue weighted by Gasteiger charge is 2.32.